The standard InChI is InChI=1S/C40H64N6O8/c1-11-26(4)35(45(8)40(51)34(25(2)3)43-38(50)31(24-47)44(6)7)32(52-9)23-33(48)46-20-15-18-30(46)36(53-10)27(5)37(49)42-29(39-41-19-21-54-39)22-28-16-13-12-14-17-28/h12-14,16-17,19,21,25-27,29-32,34-36,47H,11,15,18,20,22-24H2,1-10H3,(H,42,49)(H,43,50)/t26-,27+,29?,30-,31-,32+,34-,35-,36+/m0/s1. The number of likely N-dealkylation sites (tertiary alicyclic amines) is 1. The van der Waals surface area contributed by atoms with Crippen molar-refractivity contribution in [1.29, 1.82) is 0 Å². The number of aliphatic hydroxyl groups excluding tert-OH is 1. The summed E-state index contributed by atoms with van der Waals surface area (Å²) in [6, 6.07) is 6.79. The first-order chi connectivity index (χ1) is 25.7. The van der Waals surface area contributed by atoms with Crippen LogP contribution in [0.3, 0.4) is 0 Å². The number of carbonyl (C=O) groups excluding carboxylic acids is 4. The molecule has 54 heavy (non-hydrogen) atoms. The highest BCUT2D eigenvalue weighted by Gasteiger charge is 2.43. The van der Waals surface area contributed by atoms with Crippen LogP contribution in [0.15, 0.2) is 47.2 Å². The molecule has 0 spiro atoms. The van der Waals surface area contributed by atoms with Crippen LogP contribution in [-0.4, -0.2) is 133 Å². The van der Waals surface area contributed by atoms with Crippen LogP contribution in [0.5, 0.6) is 0 Å². The molecular weight excluding hydrogens is 692 g/mol. The molecule has 1 fully saturated rings. The number of rotatable bonds is 21. The summed E-state index contributed by atoms with van der Waals surface area (Å²) in [5.41, 5.74) is 1.02. The van der Waals surface area contributed by atoms with Gasteiger partial charge in [-0.3, -0.25) is 24.1 Å². The van der Waals surface area contributed by atoms with Gasteiger partial charge < -0.3 is 39.4 Å². The quantitative estimate of drug-likeness (QED) is 0.172. The van der Waals surface area contributed by atoms with Crippen LogP contribution in [0, 0.1) is 17.8 Å². The van der Waals surface area contributed by atoms with Crippen LogP contribution in [0.1, 0.15) is 77.8 Å². The summed E-state index contributed by atoms with van der Waals surface area (Å²) in [6.07, 6.45) is 4.41. The van der Waals surface area contributed by atoms with Gasteiger partial charge in [0.05, 0.1) is 49.4 Å². The van der Waals surface area contributed by atoms with Gasteiger partial charge in [-0.25, -0.2) is 4.98 Å². The van der Waals surface area contributed by atoms with Gasteiger partial charge in [-0.1, -0.05) is 71.4 Å². The Bertz CT molecular complexity index is 1460. The normalized spacial score (nSPS) is 19.1. The Kier molecular flexibility index (Phi) is 17.6. The number of aromatic nitrogens is 1. The van der Waals surface area contributed by atoms with Crippen molar-refractivity contribution in [3.05, 3.63) is 54.2 Å². The average Bonchev–Trinajstić information content (AvgIpc) is 3.87. The zero-order valence-electron chi connectivity index (χ0n) is 33.9. The first-order valence-corrected chi connectivity index (χ1v) is 19.1. The Morgan fingerprint density at radius 3 is 2.24 bits per heavy atom. The fourth-order valence-corrected chi connectivity index (χ4v) is 7.53. The second-order valence-corrected chi connectivity index (χ2v) is 15.1. The molecule has 0 aliphatic carbocycles. The molecule has 1 saturated heterocycles. The van der Waals surface area contributed by atoms with E-state index < -0.39 is 48.2 Å². The molecule has 14 nitrogen and oxygen atoms in total. The number of nitrogens with one attached hydrogen (secondary N) is 2. The lowest BCUT2D eigenvalue weighted by Gasteiger charge is -2.41. The van der Waals surface area contributed by atoms with E-state index in [1.807, 2.05) is 65.0 Å². The summed E-state index contributed by atoms with van der Waals surface area (Å²) in [5, 5.41) is 15.8. The van der Waals surface area contributed by atoms with Gasteiger partial charge in [0.1, 0.15) is 24.4 Å². The van der Waals surface area contributed by atoms with E-state index in [4.69, 9.17) is 13.9 Å². The monoisotopic (exact) mass is 756 g/mol. The molecule has 1 aromatic heterocycles. The lowest BCUT2D eigenvalue weighted by atomic mass is 9.89. The van der Waals surface area contributed by atoms with Gasteiger partial charge in [-0.2, -0.15) is 0 Å². The summed E-state index contributed by atoms with van der Waals surface area (Å²) in [4.78, 5) is 64.6. The Morgan fingerprint density at radius 1 is 1.02 bits per heavy atom. The largest absolute Gasteiger partial charge is 0.447 e. The molecule has 302 valence electrons. The second kappa shape index (κ2) is 21.3. The van der Waals surface area contributed by atoms with Crippen molar-refractivity contribution in [3.63, 3.8) is 0 Å². The van der Waals surface area contributed by atoms with Gasteiger partial charge in [0.15, 0.2) is 0 Å². The van der Waals surface area contributed by atoms with E-state index in [9.17, 15) is 24.3 Å². The van der Waals surface area contributed by atoms with Gasteiger partial charge in [0.2, 0.25) is 29.5 Å². The van der Waals surface area contributed by atoms with Gasteiger partial charge >= 0.3 is 0 Å². The van der Waals surface area contributed by atoms with E-state index >= 15 is 0 Å². The van der Waals surface area contributed by atoms with Crippen molar-refractivity contribution in [3.8, 4) is 0 Å². The van der Waals surface area contributed by atoms with Crippen LogP contribution < -0.4 is 10.6 Å². The highest BCUT2D eigenvalue weighted by molar-refractivity contribution is 5.90. The number of aliphatic hydroxyl groups is 1. The zero-order valence-corrected chi connectivity index (χ0v) is 33.9. The van der Waals surface area contributed by atoms with Crippen molar-refractivity contribution < 1.29 is 38.2 Å². The number of carbonyl (C=O) groups is 4. The summed E-state index contributed by atoms with van der Waals surface area (Å²) < 4.78 is 17.6. The molecule has 2 heterocycles. The van der Waals surface area contributed by atoms with Gasteiger partial charge in [0, 0.05) is 34.2 Å². The molecule has 0 bridgehead atoms. The SMILES string of the molecule is CC[C@H](C)[C@@H]([C@@H](CC(=O)N1CCC[C@H]1[C@H](OC)[C@@H](C)C(=O)NC(Cc1ccccc1)c1ncco1)OC)N(C)C(=O)[C@@H](NC(=O)[C@H](CO)N(C)C)C(C)C. The van der Waals surface area contributed by atoms with Crippen molar-refractivity contribution in [2.75, 3.05) is 48.5 Å². The summed E-state index contributed by atoms with van der Waals surface area (Å²) in [6.45, 7) is 9.67. The van der Waals surface area contributed by atoms with Crippen molar-refractivity contribution >= 4 is 23.6 Å². The molecular formula is C40H64N6O8. The lowest BCUT2D eigenvalue weighted by Crippen LogP contribution is -2.59. The predicted molar refractivity (Wildman–Crippen MR) is 205 cm³/mol. The molecule has 14 heteroatoms. The maximum absolute atomic E-state index is 14.2. The number of nitrogens with zero attached hydrogens (tertiary/aromatic N) is 4. The number of hydrogen-bond donors (Lipinski definition) is 3. The topological polar surface area (TPSA) is 167 Å². The fraction of sp³-hybridized carbons (Fsp3) is 0.675. The van der Waals surface area contributed by atoms with Crippen molar-refractivity contribution in [2.45, 2.75) is 109 Å². The Balaban J connectivity index is 1.78. The lowest BCUT2D eigenvalue weighted by molar-refractivity contribution is -0.148. The number of likely N-dealkylation sites (N-methyl/N-ethyl adjacent to an activating group) is 2. The number of hydrogen-bond acceptors (Lipinski definition) is 10. The van der Waals surface area contributed by atoms with Crippen LogP contribution in [-0.2, 0) is 35.1 Å². The molecule has 1 aliphatic rings. The van der Waals surface area contributed by atoms with E-state index in [2.05, 4.69) is 15.6 Å². The number of benzene rings is 1. The molecule has 2 aromatic rings. The molecule has 3 N–H and O–H groups in total. The minimum atomic E-state index is -0.856. The fourth-order valence-electron chi connectivity index (χ4n) is 7.53. The molecule has 0 saturated carbocycles. The summed E-state index contributed by atoms with van der Waals surface area (Å²) >= 11 is 0. The average molecular weight is 757 g/mol. The minimum absolute atomic E-state index is 0.00582. The van der Waals surface area contributed by atoms with E-state index in [-0.39, 0.29) is 48.6 Å². The Hall–Kier alpha value is -3.85. The molecule has 1 unspecified atom stereocenters. The third-order valence-corrected chi connectivity index (χ3v) is 10.9. The first-order valence-electron chi connectivity index (χ1n) is 19.1. The van der Waals surface area contributed by atoms with Crippen molar-refractivity contribution in [1.82, 2.24) is 30.3 Å². The molecule has 3 rings (SSSR count). The molecule has 0 radical (unpaired) electrons. The van der Waals surface area contributed by atoms with Crippen LogP contribution >= 0.6 is 0 Å². The zero-order chi connectivity index (χ0) is 40.1. The number of amides is 4. The Labute approximate surface area is 321 Å². The maximum Gasteiger partial charge on any atom is 0.245 e. The van der Waals surface area contributed by atoms with E-state index in [1.54, 1.807) is 56.3 Å². The third kappa shape index (κ3) is 11.3. The highest BCUT2D eigenvalue weighted by atomic mass is 16.5. The highest BCUT2D eigenvalue weighted by Crippen LogP contribution is 2.30. The number of methoxy groups -OCH3 is 2. The number of oxazole rings is 1. The van der Waals surface area contributed by atoms with Crippen LogP contribution in [0.4, 0.5) is 0 Å². The maximum atomic E-state index is 14.2. The summed E-state index contributed by atoms with van der Waals surface area (Å²) in [5.74, 6) is -1.65. The van der Waals surface area contributed by atoms with E-state index in [0.717, 1.165) is 12.0 Å². The predicted octanol–water partition coefficient (Wildman–Crippen LogP) is 3.06. The van der Waals surface area contributed by atoms with Gasteiger partial charge in [-0.05, 0) is 44.3 Å². The first kappa shape index (κ1) is 44.5. The molecule has 1 aromatic carbocycles. The van der Waals surface area contributed by atoms with E-state index in [1.165, 1.54) is 6.26 Å². The van der Waals surface area contributed by atoms with Crippen LogP contribution in [0.2, 0.25) is 0 Å². The Morgan fingerprint density at radius 2 is 1.70 bits per heavy atom. The summed E-state index contributed by atoms with van der Waals surface area (Å²) in [7, 11) is 8.18. The van der Waals surface area contributed by atoms with Crippen LogP contribution in [0.25, 0.3) is 0 Å². The number of ether oxygens (including phenoxy) is 2. The third-order valence-electron chi connectivity index (χ3n) is 10.9. The van der Waals surface area contributed by atoms with Gasteiger partial charge in [-0.15, -0.1) is 0 Å². The van der Waals surface area contributed by atoms with Gasteiger partial charge in [0.25, 0.3) is 0 Å². The smallest absolute Gasteiger partial charge is 0.245 e. The molecule has 4 amide bonds. The minimum Gasteiger partial charge on any atom is -0.447 e. The second-order valence-electron chi connectivity index (χ2n) is 15.1. The molecule has 1 aliphatic heterocycles. The van der Waals surface area contributed by atoms with E-state index in [0.29, 0.717) is 31.7 Å². The van der Waals surface area contributed by atoms with Crippen molar-refractivity contribution in [2.24, 2.45) is 17.8 Å². The molecule has 9 atom stereocenters.